The number of benzene rings is 1. The second-order valence-electron chi connectivity index (χ2n) is 6.88. The number of H-pyrrole nitrogens is 2. The lowest BCUT2D eigenvalue weighted by Gasteiger charge is -2.08. The van der Waals surface area contributed by atoms with Gasteiger partial charge < -0.3 is 4.98 Å². The Labute approximate surface area is 159 Å². The minimum Gasteiger partial charge on any atom is -0.313 e. The van der Waals surface area contributed by atoms with Gasteiger partial charge in [-0.2, -0.15) is 5.10 Å². The molecular formula is C19H12F3N5O2. The van der Waals surface area contributed by atoms with Gasteiger partial charge in [0.25, 0.3) is 5.56 Å². The summed E-state index contributed by atoms with van der Waals surface area (Å²) in [7, 11) is 0. The minimum absolute atomic E-state index is 0.0962. The Morgan fingerprint density at radius 2 is 1.86 bits per heavy atom. The van der Waals surface area contributed by atoms with Crippen molar-refractivity contribution in [2.75, 3.05) is 0 Å². The molecule has 10 heteroatoms. The van der Waals surface area contributed by atoms with E-state index in [0.29, 0.717) is 23.3 Å². The molecule has 2 atom stereocenters. The number of halogens is 3. The maximum Gasteiger partial charge on any atom is 0.325 e. The molecule has 7 nitrogen and oxygen atoms in total. The summed E-state index contributed by atoms with van der Waals surface area (Å²) in [4.78, 5) is 32.2. The van der Waals surface area contributed by atoms with E-state index in [2.05, 4.69) is 20.1 Å². The third-order valence-electron chi connectivity index (χ3n) is 5.14. The van der Waals surface area contributed by atoms with Crippen molar-refractivity contribution in [1.82, 2.24) is 24.6 Å². The Kier molecular flexibility index (Phi) is 3.70. The molecule has 1 aliphatic carbocycles. The van der Waals surface area contributed by atoms with E-state index in [1.807, 2.05) is 0 Å². The quantitative estimate of drug-likeness (QED) is 0.518. The molecule has 29 heavy (non-hydrogen) atoms. The van der Waals surface area contributed by atoms with Gasteiger partial charge in [0.1, 0.15) is 0 Å². The van der Waals surface area contributed by atoms with Crippen molar-refractivity contribution >= 4 is 5.65 Å². The van der Waals surface area contributed by atoms with Gasteiger partial charge in [0.2, 0.25) is 0 Å². The molecule has 3 aromatic heterocycles. The number of nitrogens with zero attached hydrogens (tertiary/aromatic N) is 3. The topological polar surface area (TPSA) is 95.9 Å². The number of aromatic amines is 2. The van der Waals surface area contributed by atoms with Crippen LogP contribution < -0.4 is 11.2 Å². The van der Waals surface area contributed by atoms with Gasteiger partial charge in [-0.25, -0.2) is 27.5 Å². The molecular weight excluding hydrogens is 387 g/mol. The van der Waals surface area contributed by atoms with Crippen molar-refractivity contribution in [3.63, 3.8) is 0 Å². The van der Waals surface area contributed by atoms with Gasteiger partial charge in [0, 0.05) is 24.2 Å². The van der Waals surface area contributed by atoms with Crippen molar-refractivity contribution < 1.29 is 13.2 Å². The number of nitrogens with one attached hydrogen (secondary N) is 2. The number of aromatic nitrogens is 5. The second-order valence-corrected chi connectivity index (χ2v) is 6.88. The zero-order chi connectivity index (χ0) is 20.3. The van der Waals surface area contributed by atoms with Crippen LogP contribution in [0.4, 0.5) is 13.2 Å². The molecule has 146 valence electrons. The Morgan fingerprint density at radius 1 is 1.07 bits per heavy atom. The van der Waals surface area contributed by atoms with E-state index in [0.717, 1.165) is 6.07 Å². The number of hydrogen-bond donors (Lipinski definition) is 2. The summed E-state index contributed by atoms with van der Waals surface area (Å²) >= 11 is 0. The fraction of sp³-hybridized carbons (Fsp3) is 0.158. The lowest BCUT2D eigenvalue weighted by atomic mass is 10.0. The van der Waals surface area contributed by atoms with Crippen molar-refractivity contribution in [2.24, 2.45) is 0 Å². The van der Waals surface area contributed by atoms with Gasteiger partial charge >= 0.3 is 5.69 Å². The summed E-state index contributed by atoms with van der Waals surface area (Å²) in [5, 5.41) is 4.34. The zero-order valence-electron chi connectivity index (χ0n) is 14.6. The van der Waals surface area contributed by atoms with Crippen molar-refractivity contribution in [3.8, 4) is 11.3 Å². The molecule has 0 bridgehead atoms. The highest BCUT2D eigenvalue weighted by Crippen LogP contribution is 2.56. The molecule has 0 spiro atoms. The summed E-state index contributed by atoms with van der Waals surface area (Å²) < 4.78 is 42.6. The molecule has 1 fully saturated rings. The van der Waals surface area contributed by atoms with Crippen LogP contribution in [0.15, 0.2) is 46.4 Å². The van der Waals surface area contributed by atoms with Crippen LogP contribution in [0, 0.1) is 17.5 Å². The third kappa shape index (κ3) is 2.75. The molecule has 1 aliphatic rings. The van der Waals surface area contributed by atoms with Crippen LogP contribution in [-0.2, 0) is 0 Å². The van der Waals surface area contributed by atoms with Crippen molar-refractivity contribution in [1.29, 1.82) is 0 Å². The Bertz CT molecular complexity index is 1390. The molecule has 0 aliphatic heterocycles. The monoisotopic (exact) mass is 399 g/mol. The first-order chi connectivity index (χ1) is 13.9. The molecule has 0 radical (unpaired) electrons. The van der Waals surface area contributed by atoms with Crippen molar-refractivity contribution in [3.05, 3.63) is 86.2 Å². The Balaban J connectivity index is 1.61. The Hall–Kier alpha value is -3.69. The average Bonchev–Trinajstić information content (AvgIpc) is 3.32. The lowest BCUT2D eigenvalue weighted by Crippen LogP contribution is -2.23. The van der Waals surface area contributed by atoms with E-state index >= 15 is 0 Å². The lowest BCUT2D eigenvalue weighted by molar-refractivity contribution is 0.441. The Morgan fingerprint density at radius 3 is 2.66 bits per heavy atom. The van der Waals surface area contributed by atoms with Crippen LogP contribution in [0.1, 0.15) is 29.4 Å². The highest BCUT2D eigenvalue weighted by molar-refractivity contribution is 5.63. The van der Waals surface area contributed by atoms with Gasteiger partial charge in [-0.1, -0.05) is 6.07 Å². The fourth-order valence-corrected chi connectivity index (χ4v) is 3.66. The van der Waals surface area contributed by atoms with E-state index in [9.17, 15) is 22.8 Å². The van der Waals surface area contributed by atoms with Crippen LogP contribution in [0.2, 0.25) is 0 Å². The molecule has 0 unspecified atom stereocenters. The summed E-state index contributed by atoms with van der Waals surface area (Å²) in [5.74, 6) is -4.47. The molecule has 1 saturated carbocycles. The van der Waals surface area contributed by atoms with E-state index < -0.39 is 28.7 Å². The van der Waals surface area contributed by atoms with Crippen molar-refractivity contribution in [2.45, 2.75) is 18.3 Å². The van der Waals surface area contributed by atoms with Crippen LogP contribution in [-0.4, -0.2) is 24.6 Å². The maximum absolute atomic E-state index is 14.2. The summed E-state index contributed by atoms with van der Waals surface area (Å²) in [6, 6.07) is 3.80. The largest absolute Gasteiger partial charge is 0.325 e. The number of fused-ring (bicyclic) bond motifs is 1. The number of rotatable bonds is 3. The van der Waals surface area contributed by atoms with Crippen LogP contribution in [0.5, 0.6) is 0 Å². The van der Waals surface area contributed by atoms with Gasteiger partial charge in [-0.3, -0.25) is 9.78 Å². The summed E-state index contributed by atoms with van der Waals surface area (Å²) in [5.41, 5.74) is 0.505. The molecule has 2 N–H and O–H groups in total. The molecule has 0 saturated heterocycles. The van der Waals surface area contributed by atoms with Crippen LogP contribution >= 0.6 is 0 Å². The normalized spacial score (nSPS) is 18.3. The first-order valence-electron chi connectivity index (χ1n) is 8.74. The third-order valence-corrected chi connectivity index (χ3v) is 5.14. The highest BCUT2D eigenvalue weighted by Gasteiger charge is 2.43. The van der Waals surface area contributed by atoms with Crippen LogP contribution in [0.25, 0.3) is 16.9 Å². The van der Waals surface area contributed by atoms with Gasteiger partial charge in [0.05, 0.1) is 11.3 Å². The highest BCUT2D eigenvalue weighted by atomic mass is 19.2. The predicted molar refractivity (Wildman–Crippen MR) is 96.1 cm³/mol. The zero-order valence-corrected chi connectivity index (χ0v) is 14.6. The fourth-order valence-electron chi connectivity index (χ4n) is 3.66. The summed E-state index contributed by atoms with van der Waals surface area (Å²) in [6.45, 7) is 0. The summed E-state index contributed by atoms with van der Waals surface area (Å²) in [6.07, 6.45) is 4.89. The smallest absolute Gasteiger partial charge is 0.313 e. The van der Waals surface area contributed by atoms with Gasteiger partial charge in [-0.15, -0.1) is 0 Å². The first kappa shape index (κ1) is 17.4. The van der Waals surface area contributed by atoms with Gasteiger partial charge in [0.15, 0.2) is 23.1 Å². The average molecular weight is 399 g/mol. The van der Waals surface area contributed by atoms with E-state index in [1.54, 1.807) is 12.3 Å². The second kappa shape index (κ2) is 6.16. The molecule has 4 aromatic rings. The first-order valence-corrected chi connectivity index (χ1v) is 8.74. The van der Waals surface area contributed by atoms with E-state index in [1.165, 1.54) is 23.0 Å². The van der Waals surface area contributed by atoms with Crippen LogP contribution in [0.3, 0.4) is 0 Å². The molecule has 1 aromatic carbocycles. The number of imidazole rings is 1. The molecule has 0 amide bonds. The number of hydrogen-bond acceptors (Lipinski definition) is 4. The predicted octanol–water partition coefficient (Wildman–Crippen LogP) is 2.46. The molecule has 5 rings (SSSR count). The molecule has 3 heterocycles. The van der Waals surface area contributed by atoms with E-state index in [4.69, 9.17) is 0 Å². The van der Waals surface area contributed by atoms with Gasteiger partial charge in [-0.05, 0) is 36.0 Å². The standard InChI is InChI=1S/C19H12F3N5O2/c20-13-2-1-8(15(21)16(13)22)9-5-10(9)11-6-14(26-27-4-3-23-17(11)27)12-7-24-19(29)25-18(12)28/h1-4,6-7,9-10H,5H2,(H2,24,25,28,29)/t9-,10+/m0/s1. The minimum atomic E-state index is -1.49. The van der Waals surface area contributed by atoms with E-state index in [-0.39, 0.29) is 23.0 Å². The SMILES string of the molecule is O=c1[nH]cc(-c2cc([C@@H]3C[C@H]3c3ccc(F)c(F)c3F)c3nccn3n2)c(=O)[nH]1. The maximum atomic E-state index is 14.2.